The van der Waals surface area contributed by atoms with Crippen molar-refractivity contribution in [1.82, 2.24) is 4.98 Å². The molecule has 0 spiro atoms. The van der Waals surface area contributed by atoms with Crippen molar-refractivity contribution in [2.24, 2.45) is 17.8 Å². The largest absolute Gasteiger partial charge is 0.370 e. The van der Waals surface area contributed by atoms with E-state index in [1.54, 1.807) is 12.1 Å². The van der Waals surface area contributed by atoms with Gasteiger partial charge in [-0.2, -0.15) is 4.39 Å². The summed E-state index contributed by atoms with van der Waals surface area (Å²) in [5, 5.41) is 3.20. The van der Waals surface area contributed by atoms with Gasteiger partial charge in [0.25, 0.3) is 0 Å². The Morgan fingerprint density at radius 2 is 1.81 bits per heavy atom. The van der Waals surface area contributed by atoms with Crippen LogP contribution in [0, 0.1) is 23.7 Å². The first-order chi connectivity index (χ1) is 7.50. The standard InChI is InChI=1S/C13H21FN2/c1-9(2)11(10(3)4)8-15-13-7-5-6-12(14)16-13/h5-7,9-11H,8H2,1-4H3,(H,15,16). The number of aromatic nitrogens is 1. The highest BCUT2D eigenvalue weighted by molar-refractivity contribution is 5.33. The second-order valence-electron chi connectivity index (χ2n) is 4.88. The highest BCUT2D eigenvalue weighted by Crippen LogP contribution is 2.20. The minimum Gasteiger partial charge on any atom is -0.370 e. The lowest BCUT2D eigenvalue weighted by molar-refractivity contribution is 0.304. The van der Waals surface area contributed by atoms with Crippen molar-refractivity contribution in [2.75, 3.05) is 11.9 Å². The van der Waals surface area contributed by atoms with E-state index in [1.807, 2.05) is 0 Å². The van der Waals surface area contributed by atoms with Gasteiger partial charge in [-0.1, -0.05) is 33.8 Å². The molecule has 90 valence electrons. The van der Waals surface area contributed by atoms with Crippen LogP contribution in [-0.2, 0) is 0 Å². The number of halogens is 1. The molecule has 0 bridgehead atoms. The van der Waals surface area contributed by atoms with Gasteiger partial charge in [0.05, 0.1) is 0 Å². The predicted molar refractivity (Wildman–Crippen MR) is 65.9 cm³/mol. The van der Waals surface area contributed by atoms with Crippen molar-refractivity contribution in [2.45, 2.75) is 27.7 Å². The van der Waals surface area contributed by atoms with E-state index in [2.05, 4.69) is 38.0 Å². The zero-order chi connectivity index (χ0) is 12.1. The second kappa shape index (κ2) is 5.83. The fraction of sp³-hybridized carbons (Fsp3) is 0.615. The number of hydrogen-bond acceptors (Lipinski definition) is 2. The maximum Gasteiger partial charge on any atom is 0.214 e. The lowest BCUT2D eigenvalue weighted by atomic mass is 9.85. The van der Waals surface area contributed by atoms with E-state index in [1.165, 1.54) is 6.07 Å². The van der Waals surface area contributed by atoms with Crippen LogP contribution >= 0.6 is 0 Å². The number of nitrogens with one attached hydrogen (secondary N) is 1. The molecule has 0 atom stereocenters. The molecule has 1 N–H and O–H groups in total. The van der Waals surface area contributed by atoms with Crippen LogP contribution < -0.4 is 5.32 Å². The van der Waals surface area contributed by atoms with Gasteiger partial charge < -0.3 is 5.32 Å². The Hall–Kier alpha value is -1.12. The van der Waals surface area contributed by atoms with Gasteiger partial charge in [-0.25, -0.2) is 4.98 Å². The molecule has 1 aromatic rings. The first-order valence-corrected chi connectivity index (χ1v) is 5.87. The molecule has 2 nitrogen and oxygen atoms in total. The molecule has 0 radical (unpaired) electrons. The van der Waals surface area contributed by atoms with Crippen molar-refractivity contribution in [3.8, 4) is 0 Å². The summed E-state index contributed by atoms with van der Waals surface area (Å²) in [6, 6.07) is 4.82. The molecule has 0 aliphatic heterocycles. The van der Waals surface area contributed by atoms with Crippen molar-refractivity contribution in [1.29, 1.82) is 0 Å². The molecule has 0 aliphatic rings. The summed E-state index contributed by atoms with van der Waals surface area (Å²) < 4.78 is 12.9. The Morgan fingerprint density at radius 3 is 2.31 bits per heavy atom. The molecule has 0 aliphatic carbocycles. The smallest absolute Gasteiger partial charge is 0.214 e. The average Bonchev–Trinajstić information content (AvgIpc) is 2.16. The van der Waals surface area contributed by atoms with Crippen LogP contribution in [0.15, 0.2) is 18.2 Å². The number of pyridine rings is 1. The normalized spacial score (nSPS) is 11.5. The Balaban J connectivity index is 2.55. The zero-order valence-corrected chi connectivity index (χ0v) is 10.5. The second-order valence-corrected chi connectivity index (χ2v) is 4.88. The van der Waals surface area contributed by atoms with E-state index in [9.17, 15) is 4.39 Å². The lowest BCUT2D eigenvalue weighted by Gasteiger charge is -2.25. The molecule has 0 aromatic carbocycles. The third kappa shape index (κ3) is 3.80. The van der Waals surface area contributed by atoms with Crippen LogP contribution in [0.4, 0.5) is 10.2 Å². The summed E-state index contributed by atoms with van der Waals surface area (Å²) in [6.07, 6.45) is 0. The summed E-state index contributed by atoms with van der Waals surface area (Å²) >= 11 is 0. The lowest BCUT2D eigenvalue weighted by Crippen LogP contribution is -2.24. The van der Waals surface area contributed by atoms with Gasteiger partial charge >= 0.3 is 0 Å². The molecule has 0 amide bonds. The molecule has 0 fully saturated rings. The van der Waals surface area contributed by atoms with Crippen LogP contribution in [-0.4, -0.2) is 11.5 Å². The predicted octanol–water partition coefficient (Wildman–Crippen LogP) is 3.56. The van der Waals surface area contributed by atoms with Gasteiger partial charge in [0.15, 0.2) is 0 Å². The van der Waals surface area contributed by atoms with Crippen molar-refractivity contribution >= 4 is 5.82 Å². The third-order valence-corrected chi connectivity index (χ3v) is 2.95. The number of hydrogen-bond donors (Lipinski definition) is 1. The first kappa shape index (κ1) is 12.9. The van der Waals surface area contributed by atoms with Gasteiger partial charge in [-0.15, -0.1) is 0 Å². The third-order valence-electron chi connectivity index (χ3n) is 2.95. The van der Waals surface area contributed by atoms with E-state index in [-0.39, 0.29) is 0 Å². The molecule has 0 saturated carbocycles. The minimum atomic E-state index is -0.435. The van der Waals surface area contributed by atoms with Gasteiger partial charge in [-0.3, -0.25) is 0 Å². The molecular weight excluding hydrogens is 203 g/mol. The topological polar surface area (TPSA) is 24.9 Å². The maximum atomic E-state index is 12.9. The fourth-order valence-electron chi connectivity index (χ4n) is 1.97. The van der Waals surface area contributed by atoms with Crippen LogP contribution in [0.25, 0.3) is 0 Å². The fourth-order valence-corrected chi connectivity index (χ4v) is 1.97. The molecule has 1 rings (SSSR count). The molecule has 1 heterocycles. The van der Waals surface area contributed by atoms with Gasteiger partial charge in [0, 0.05) is 6.54 Å². The molecule has 3 heteroatoms. The summed E-state index contributed by atoms with van der Waals surface area (Å²) in [7, 11) is 0. The van der Waals surface area contributed by atoms with E-state index in [4.69, 9.17) is 0 Å². The minimum absolute atomic E-state index is 0.435. The van der Waals surface area contributed by atoms with E-state index in [0.29, 0.717) is 23.6 Å². The maximum absolute atomic E-state index is 12.9. The van der Waals surface area contributed by atoms with Crippen molar-refractivity contribution < 1.29 is 4.39 Å². The molecular formula is C13H21FN2. The van der Waals surface area contributed by atoms with Crippen molar-refractivity contribution in [3.63, 3.8) is 0 Å². The van der Waals surface area contributed by atoms with Crippen molar-refractivity contribution in [3.05, 3.63) is 24.1 Å². The monoisotopic (exact) mass is 224 g/mol. The summed E-state index contributed by atoms with van der Waals surface area (Å²) in [6.45, 7) is 9.69. The SMILES string of the molecule is CC(C)C(CNc1cccc(F)n1)C(C)C. The molecule has 0 saturated heterocycles. The number of anilines is 1. The highest BCUT2D eigenvalue weighted by atomic mass is 19.1. The Labute approximate surface area is 97.3 Å². The molecule has 16 heavy (non-hydrogen) atoms. The van der Waals surface area contributed by atoms with E-state index < -0.39 is 5.95 Å². The van der Waals surface area contributed by atoms with Gasteiger partial charge in [0.1, 0.15) is 5.82 Å². The van der Waals surface area contributed by atoms with E-state index in [0.717, 1.165) is 6.54 Å². The molecule has 1 aromatic heterocycles. The number of rotatable bonds is 5. The van der Waals surface area contributed by atoms with Gasteiger partial charge in [0.2, 0.25) is 5.95 Å². The van der Waals surface area contributed by atoms with Gasteiger partial charge in [-0.05, 0) is 29.9 Å². The van der Waals surface area contributed by atoms with E-state index >= 15 is 0 Å². The highest BCUT2D eigenvalue weighted by Gasteiger charge is 2.17. The Bertz CT molecular complexity index is 315. The zero-order valence-electron chi connectivity index (χ0n) is 10.5. The first-order valence-electron chi connectivity index (χ1n) is 5.87. The van der Waals surface area contributed by atoms with Crippen LogP contribution in [0.2, 0.25) is 0 Å². The van der Waals surface area contributed by atoms with Crippen LogP contribution in [0.5, 0.6) is 0 Å². The summed E-state index contributed by atoms with van der Waals surface area (Å²) in [4.78, 5) is 3.79. The summed E-state index contributed by atoms with van der Waals surface area (Å²) in [5.74, 6) is 1.98. The van der Waals surface area contributed by atoms with Crippen LogP contribution in [0.1, 0.15) is 27.7 Å². The Morgan fingerprint density at radius 1 is 1.19 bits per heavy atom. The quantitative estimate of drug-likeness (QED) is 0.773. The Kier molecular flexibility index (Phi) is 4.71. The molecule has 0 unspecified atom stereocenters. The van der Waals surface area contributed by atoms with Crippen LogP contribution in [0.3, 0.4) is 0 Å². The summed E-state index contributed by atoms with van der Waals surface area (Å²) in [5.41, 5.74) is 0. The average molecular weight is 224 g/mol. The number of nitrogens with zero attached hydrogens (tertiary/aromatic N) is 1.